The number of anilines is 1. The molecule has 1 saturated heterocycles. The van der Waals surface area contributed by atoms with Gasteiger partial charge in [-0.3, -0.25) is 4.79 Å². The Morgan fingerprint density at radius 1 is 1.00 bits per heavy atom. The van der Waals surface area contributed by atoms with E-state index in [0.29, 0.717) is 28.8 Å². The number of sulfonamides is 1. The number of amides is 1. The molecule has 9 heteroatoms. The maximum atomic E-state index is 14.2. The van der Waals surface area contributed by atoms with Crippen LogP contribution < -0.4 is 5.32 Å². The molecule has 1 N–H and O–H groups in total. The number of piperidine rings is 1. The fourth-order valence-corrected chi connectivity index (χ4v) is 5.05. The Morgan fingerprint density at radius 2 is 1.63 bits per heavy atom. The van der Waals surface area contributed by atoms with Gasteiger partial charge in [-0.05, 0) is 49.2 Å². The van der Waals surface area contributed by atoms with Crippen LogP contribution in [0.2, 0.25) is 10.0 Å². The van der Waals surface area contributed by atoms with Crippen molar-refractivity contribution in [1.29, 1.82) is 0 Å². The van der Waals surface area contributed by atoms with Gasteiger partial charge < -0.3 is 5.32 Å². The molecule has 0 spiro atoms. The van der Waals surface area contributed by atoms with E-state index in [0.717, 1.165) is 31.4 Å². The van der Waals surface area contributed by atoms with Crippen LogP contribution in [0.4, 0.5) is 10.1 Å². The van der Waals surface area contributed by atoms with Crippen LogP contribution in [0.15, 0.2) is 41.3 Å². The standard InChI is InChI=1S/C18H17Cl2FN2O3S/c19-13-9-14(20)11-15(10-13)22-18(24)12-4-5-16(21)17(8-12)27(25,26)23-6-2-1-3-7-23/h4-5,8-11H,1-3,6-7H2,(H,22,24). The summed E-state index contributed by atoms with van der Waals surface area (Å²) in [4.78, 5) is 12.0. The molecule has 0 aromatic heterocycles. The molecule has 0 bridgehead atoms. The van der Waals surface area contributed by atoms with Crippen molar-refractivity contribution in [3.63, 3.8) is 0 Å². The highest BCUT2D eigenvalue weighted by Gasteiger charge is 2.29. The zero-order chi connectivity index (χ0) is 19.6. The molecule has 27 heavy (non-hydrogen) atoms. The van der Waals surface area contributed by atoms with Gasteiger partial charge in [-0.25, -0.2) is 12.8 Å². The molecular weight excluding hydrogens is 414 g/mol. The van der Waals surface area contributed by atoms with Crippen LogP contribution in [0.5, 0.6) is 0 Å². The number of rotatable bonds is 4. The number of halogens is 3. The molecular formula is C18H17Cl2FN2O3S. The Kier molecular flexibility index (Phi) is 6.05. The highest BCUT2D eigenvalue weighted by molar-refractivity contribution is 7.89. The number of nitrogens with one attached hydrogen (secondary N) is 1. The van der Waals surface area contributed by atoms with E-state index in [9.17, 15) is 17.6 Å². The molecule has 2 aromatic carbocycles. The Hall–Kier alpha value is -1.67. The van der Waals surface area contributed by atoms with Gasteiger partial charge in [-0.15, -0.1) is 0 Å². The van der Waals surface area contributed by atoms with Gasteiger partial charge in [0.05, 0.1) is 0 Å². The van der Waals surface area contributed by atoms with Crippen molar-refractivity contribution in [2.45, 2.75) is 24.2 Å². The quantitative estimate of drug-likeness (QED) is 0.772. The molecule has 0 saturated carbocycles. The van der Waals surface area contributed by atoms with E-state index in [1.54, 1.807) is 0 Å². The number of carbonyl (C=O) groups is 1. The molecule has 5 nitrogen and oxygen atoms in total. The third-order valence-corrected chi connectivity index (χ3v) is 6.60. The third-order valence-electron chi connectivity index (χ3n) is 4.25. The van der Waals surface area contributed by atoms with Crippen LogP contribution >= 0.6 is 23.2 Å². The second kappa shape index (κ2) is 8.14. The number of nitrogens with zero attached hydrogens (tertiary/aromatic N) is 1. The normalized spacial score (nSPS) is 15.5. The van der Waals surface area contributed by atoms with Crippen LogP contribution in [0.1, 0.15) is 29.6 Å². The Bertz CT molecular complexity index is 956. The molecule has 0 atom stereocenters. The molecule has 0 aliphatic carbocycles. The van der Waals surface area contributed by atoms with Crippen molar-refractivity contribution in [2.75, 3.05) is 18.4 Å². The van der Waals surface area contributed by atoms with Crippen LogP contribution in [0.25, 0.3) is 0 Å². The van der Waals surface area contributed by atoms with Gasteiger partial charge >= 0.3 is 0 Å². The zero-order valence-electron chi connectivity index (χ0n) is 14.2. The predicted octanol–water partition coefficient (Wildman–Crippen LogP) is 4.56. The van der Waals surface area contributed by atoms with Crippen molar-refractivity contribution in [2.24, 2.45) is 0 Å². The highest BCUT2D eigenvalue weighted by Crippen LogP contribution is 2.26. The van der Waals surface area contributed by atoms with E-state index >= 15 is 0 Å². The molecule has 144 valence electrons. The molecule has 2 aromatic rings. The van der Waals surface area contributed by atoms with Gasteiger partial charge in [0.2, 0.25) is 10.0 Å². The summed E-state index contributed by atoms with van der Waals surface area (Å²) in [5.74, 6) is -1.48. The van der Waals surface area contributed by atoms with Gasteiger partial charge in [0.1, 0.15) is 10.7 Å². The maximum Gasteiger partial charge on any atom is 0.255 e. The summed E-state index contributed by atoms with van der Waals surface area (Å²) in [6, 6.07) is 7.78. The number of carbonyl (C=O) groups excluding carboxylic acids is 1. The average molecular weight is 431 g/mol. The van der Waals surface area contributed by atoms with Gasteiger partial charge in [0, 0.05) is 34.4 Å². The van der Waals surface area contributed by atoms with Crippen molar-refractivity contribution < 1.29 is 17.6 Å². The largest absolute Gasteiger partial charge is 0.322 e. The first-order valence-electron chi connectivity index (χ1n) is 8.34. The van der Waals surface area contributed by atoms with Gasteiger partial charge in [0.15, 0.2) is 0 Å². The lowest BCUT2D eigenvalue weighted by Gasteiger charge is -2.26. The first-order valence-corrected chi connectivity index (χ1v) is 10.5. The number of hydrogen-bond donors (Lipinski definition) is 1. The first kappa shape index (κ1) is 20.1. The van der Waals surface area contributed by atoms with Crippen LogP contribution in [-0.2, 0) is 10.0 Å². The van der Waals surface area contributed by atoms with Crippen LogP contribution in [-0.4, -0.2) is 31.7 Å². The minimum Gasteiger partial charge on any atom is -0.322 e. The van der Waals surface area contributed by atoms with Crippen molar-refractivity contribution in [3.05, 3.63) is 57.8 Å². The smallest absolute Gasteiger partial charge is 0.255 e. The van der Waals surface area contributed by atoms with Crippen LogP contribution in [0.3, 0.4) is 0 Å². The average Bonchev–Trinajstić information content (AvgIpc) is 2.61. The number of hydrogen-bond acceptors (Lipinski definition) is 3. The van der Waals surface area contributed by atoms with Crippen molar-refractivity contribution in [1.82, 2.24) is 4.31 Å². The second-order valence-electron chi connectivity index (χ2n) is 6.22. The van der Waals surface area contributed by atoms with E-state index in [-0.39, 0.29) is 5.56 Å². The summed E-state index contributed by atoms with van der Waals surface area (Å²) in [7, 11) is -4.00. The van der Waals surface area contributed by atoms with E-state index in [1.165, 1.54) is 28.6 Å². The summed E-state index contributed by atoms with van der Waals surface area (Å²) in [5, 5.41) is 3.26. The lowest BCUT2D eigenvalue weighted by atomic mass is 10.2. The molecule has 1 aliphatic rings. The molecule has 0 radical (unpaired) electrons. The second-order valence-corrected chi connectivity index (χ2v) is 9.00. The van der Waals surface area contributed by atoms with Crippen LogP contribution in [0, 0.1) is 5.82 Å². The summed E-state index contributed by atoms with van der Waals surface area (Å²) < 4.78 is 41.0. The zero-order valence-corrected chi connectivity index (χ0v) is 16.5. The van der Waals surface area contributed by atoms with Gasteiger partial charge in [-0.2, -0.15) is 4.31 Å². The van der Waals surface area contributed by atoms with Crippen molar-refractivity contribution >= 4 is 44.8 Å². The predicted molar refractivity (Wildman–Crippen MR) is 103 cm³/mol. The molecule has 1 heterocycles. The minimum absolute atomic E-state index is 0.0167. The first-order chi connectivity index (χ1) is 12.8. The Morgan fingerprint density at radius 3 is 2.26 bits per heavy atom. The third kappa shape index (κ3) is 4.60. The lowest BCUT2D eigenvalue weighted by molar-refractivity contribution is 0.102. The summed E-state index contributed by atoms with van der Waals surface area (Å²) in [6.07, 6.45) is 2.41. The topological polar surface area (TPSA) is 66.5 Å². The fraction of sp³-hybridized carbons (Fsp3) is 0.278. The molecule has 1 fully saturated rings. The van der Waals surface area contributed by atoms with E-state index in [4.69, 9.17) is 23.2 Å². The molecule has 1 aliphatic heterocycles. The minimum atomic E-state index is -4.00. The Labute approximate surface area is 167 Å². The SMILES string of the molecule is O=C(Nc1cc(Cl)cc(Cl)c1)c1ccc(F)c(S(=O)(=O)N2CCCCC2)c1. The Balaban J connectivity index is 1.89. The van der Waals surface area contributed by atoms with E-state index < -0.39 is 26.6 Å². The summed E-state index contributed by atoms with van der Waals surface area (Å²) in [5.41, 5.74) is 0.366. The van der Waals surface area contributed by atoms with Gasteiger partial charge in [0.25, 0.3) is 5.91 Å². The molecule has 0 unspecified atom stereocenters. The monoisotopic (exact) mass is 430 g/mol. The van der Waals surface area contributed by atoms with E-state index in [1.807, 2.05) is 0 Å². The molecule has 1 amide bonds. The molecule has 3 rings (SSSR count). The van der Waals surface area contributed by atoms with Gasteiger partial charge in [-0.1, -0.05) is 29.6 Å². The number of benzene rings is 2. The summed E-state index contributed by atoms with van der Waals surface area (Å²) in [6.45, 7) is 0.693. The fourth-order valence-electron chi connectivity index (χ4n) is 2.92. The lowest BCUT2D eigenvalue weighted by Crippen LogP contribution is -2.36. The van der Waals surface area contributed by atoms with E-state index in [2.05, 4.69) is 5.32 Å². The highest BCUT2D eigenvalue weighted by atomic mass is 35.5. The van der Waals surface area contributed by atoms with Crippen molar-refractivity contribution in [3.8, 4) is 0 Å². The summed E-state index contributed by atoms with van der Waals surface area (Å²) >= 11 is 11.8. The maximum absolute atomic E-state index is 14.2.